The van der Waals surface area contributed by atoms with Crippen LogP contribution in [0.5, 0.6) is 0 Å². The van der Waals surface area contributed by atoms with Crippen LogP contribution in [0.25, 0.3) is 0 Å². The van der Waals surface area contributed by atoms with Crippen molar-refractivity contribution in [3.05, 3.63) is 58.5 Å². The molecule has 1 aromatic heterocycles. The van der Waals surface area contributed by atoms with Crippen molar-refractivity contribution in [3.8, 4) is 0 Å². The maximum Gasteiger partial charge on any atom is 0.269 e. The molecule has 8 nitrogen and oxygen atoms in total. The number of carbonyl (C=O) groups excluding carboxylic acids is 1. The Hall–Kier alpha value is -2.71. The highest BCUT2D eigenvalue weighted by molar-refractivity contribution is 5.82. The van der Waals surface area contributed by atoms with E-state index in [1.165, 1.54) is 4.68 Å². The fourth-order valence-corrected chi connectivity index (χ4v) is 3.78. The Labute approximate surface area is 177 Å². The van der Waals surface area contributed by atoms with E-state index in [0.717, 1.165) is 24.1 Å². The number of nitrogens with zero attached hydrogens (tertiary/aromatic N) is 4. The van der Waals surface area contributed by atoms with Crippen LogP contribution in [0.4, 0.5) is 5.69 Å². The maximum absolute atomic E-state index is 13.1. The van der Waals surface area contributed by atoms with Crippen LogP contribution >= 0.6 is 0 Å². The smallest absolute Gasteiger partial charge is 0.269 e. The summed E-state index contributed by atoms with van der Waals surface area (Å²) in [6.07, 6.45) is 2.66. The molecule has 2 atom stereocenters. The van der Waals surface area contributed by atoms with Gasteiger partial charge in [0.05, 0.1) is 24.5 Å². The summed E-state index contributed by atoms with van der Waals surface area (Å²) in [5.74, 6) is -0.0858. The molecule has 0 bridgehead atoms. The minimum atomic E-state index is -0.647. The van der Waals surface area contributed by atoms with Crippen molar-refractivity contribution in [3.63, 3.8) is 0 Å². The van der Waals surface area contributed by atoms with E-state index >= 15 is 0 Å². The predicted octanol–water partition coefficient (Wildman–Crippen LogP) is 1.88. The van der Waals surface area contributed by atoms with Gasteiger partial charge in [0, 0.05) is 47.0 Å². The van der Waals surface area contributed by atoms with Gasteiger partial charge in [0.15, 0.2) is 6.10 Å². The molecule has 1 aromatic carbocycles. The standard InChI is InChI=1S/C22H30N4O4/c1-24(12-13-29-2)19-14-20(27)26(23-15-19)18-10-7-11-25(16-18)22(28)21(30-3)17-8-5-4-6-9-17/h4-6,8-9,14-15,18,21H,7,10-13,16H2,1-3H3. The van der Waals surface area contributed by atoms with E-state index in [1.807, 2.05) is 42.3 Å². The summed E-state index contributed by atoms with van der Waals surface area (Å²) in [7, 11) is 5.09. The molecular weight excluding hydrogens is 384 g/mol. The van der Waals surface area contributed by atoms with Crippen molar-refractivity contribution < 1.29 is 14.3 Å². The third-order valence-electron chi connectivity index (χ3n) is 5.50. The van der Waals surface area contributed by atoms with Crippen LogP contribution in [0.3, 0.4) is 0 Å². The van der Waals surface area contributed by atoms with Gasteiger partial charge < -0.3 is 19.3 Å². The van der Waals surface area contributed by atoms with Crippen molar-refractivity contribution >= 4 is 11.6 Å². The van der Waals surface area contributed by atoms with Gasteiger partial charge in [-0.3, -0.25) is 9.59 Å². The molecule has 0 radical (unpaired) electrons. The topological polar surface area (TPSA) is 76.9 Å². The second-order valence-corrected chi connectivity index (χ2v) is 7.52. The van der Waals surface area contributed by atoms with E-state index in [0.29, 0.717) is 26.2 Å². The second kappa shape index (κ2) is 10.4. The van der Waals surface area contributed by atoms with Gasteiger partial charge in [-0.15, -0.1) is 0 Å². The molecule has 1 fully saturated rings. The summed E-state index contributed by atoms with van der Waals surface area (Å²) >= 11 is 0. The molecule has 0 N–H and O–H groups in total. The van der Waals surface area contributed by atoms with E-state index in [2.05, 4.69) is 5.10 Å². The molecule has 1 aliphatic rings. The number of benzene rings is 1. The molecule has 2 aromatic rings. The number of likely N-dealkylation sites (tertiary alicyclic amines) is 1. The van der Waals surface area contributed by atoms with E-state index in [9.17, 15) is 9.59 Å². The number of ether oxygens (including phenoxy) is 2. The van der Waals surface area contributed by atoms with Crippen molar-refractivity contribution in [2.45, 2.75) is 25.0 Å². The first-order chi connectivity index (χ1) is 14.5. The van der Waals surface area contributed by atoms with Crippen LogP contribution in [-0.2, 0) is 14.3 Å². The second-order valence-electron chi connectivity index (χ2n) is 7.52. The van der Waals surface area contributed by atoms with Gasteiger partial charge >= 0.3 is 0 Å². The van der Waals surface area contributed by atoms with E-state index in [4.69, 9.17) is 9.47 Å². The zero-order valence-electron chi connectivity index (χ0n) is 17.9. The number of amides is 1. The molecule has 3 rings (SSSR count). The van der Waals surface area contributed by atoms with Crippen LogP contribution in [0.2, 0.25) is 0 Å². The number of carbonyl (C=O) groups is 1. The van der Waals surface area contributed by atoms with Crippen LogP contribution in [0.15, 0.2) is 47.4 Å². The summed E-state index contributed by atoms with van der Waals surface area (Å²) in [6, 6.07) is 10.9. The van der Waals surface area contributed by atoms with E-state index in [-0.39, 0.29) is 17.5 Å². The van der Waals surface area contributed by atoms with Gasteiger partial charge in [0.25, 0.3) is 11.5 Å². The molecule has 0 spiro atoms. The molecule has 8 heteroatoms. The first-order valence-electron chi connectivity index (χ1n) is 10.2. The number of piperidine rings is 1. The summed E-state index contributed by atoms with van der Waals surface area (Å²) in [5.41, 5.74) is 1.41. The Morgan fingerprint density at radius 2 is 2.07 bits per heavy atom. The Balaban J connectivity index is 1.73. The lowest BCUT2D eigenvalue weighted by Gasteiger charge is -2.35. The lowest BCUT2D eigenvalue weighted by Crippen LogP contribution is -2.45. The summed E-state index contributed by atoms with van der Waals surface area (Å²) in [5, 5.41) is 4.40. The summed E-state index contributed by atoms with van der Waals surface area (Å²) < 4.78 is 12.1. The van der Waals surface area contributed by atoms with Gasteiger partial charge in [-0.1, -0.05) is 30.3 Å². The maximum atomic E-state index is 13.1. The number of aromatic nitrogens is 2. The zero-order chi connectivity index (χ0) is 21.5. The highest BCUT2D eigenvalue weighted by Crippen LogP contribution is 2.25. The predicted molar refractivity (Wildman–Crippen MR) is 115 cm³/mol. The first kappa shape index (κ1) is 22.0. The van der Waals surface area contributed by atoms with Gasteiger partial charge in [-0.2, -0.15) is 5.10 Å². The Morgan fingerprint density at radius 1 is 1.30 bits per heavy atom. The lowest BCUT2D eigenvalue weighted by molar-refractivity contribution is -0.144. The molecular formula is C22H30N4O4. The van der Waals surface area contributed by atoms with Crippen molar-refractivity contribution in [1.29, 1.82) is 0 Å². The number of hydrogen-bond acceptors (Lipinski definition) is 6. The quantitative estimate of drug-likeness (QED) is 0.656. The number of methoxy groups -OCH3 is 2. The highest BCUT2D eigenvalue weighted by atomic mass is 16.5. The van der Waals surface area contributed by atoms with Crippen molar-refractivity contribution in [2.24, 2.45) is 0 Å². The van der Waals surface area contributed by atoms with Crippen LogP contribution in [0.1, 0.15) is 30.6 Å². The molecule has 1 aliphatic heterocycles. The normalized spacial score (nSPS) is 17.6. The van der Waals surface area contributed by atoms with E-state index in [1.54, 1.807) is 31.4 Å². The molecule has 2 unspecified atom stereocenters. The molecule has 2 heterocycles. The van der Waals surface area contributed by atoms with Gasteiger partial charge in [-0.05, 0) is 18.4 Å². The Bertz CT molecular complexity index is 886. The monoisotopic (exact) mass is 414 g/mol. The molecule has 0 saturated carbocycles. The highest BCUT2D eigenvalue weighted by Gasteiger charge is 2.31. The minimum Gasteiger partial charge on any atom is -0.383 e. The molecule has 1 saturated heterocycles. The lowest BCUT2D eigenvalue weighted by atomic mass is 10.0. The van der Waals surface area contributed by atoms with Gasteiger partial charge in [0.1, 0.15) is 0 Å². The van der Waals surface area contributed by atoms with Crippen LogP contribution in [-0.4, -0.2) is 68.1 Å². The molecule has 0 aliphatic carbocycles. The zero-order valence-corrected chi connectivity index (χ0v) is 17.9. The number of rotatable bonds is 8. The average Bonchev–Trinajstić information content (AvgIpc) is 2.78. The van der Waals surface area contributed by atoms with Crippen LogP contribution in [0, 0.1) is 0 Å². The first-order valence-corrected chi connectivity index (χ1v) is 10.2. The number of anilines is 1. The summed E-state index contributed by atoms with van der Waals surface area (Å²) in [4.78, 5) is 29.5. The fourth-order valence-electron chi connectivity index (χ4n) is 3.78. The largest absolute Gasteiger partial charge is 0.383 e. The van der Waals surface area contributed by atoms with Crippen molar-refractivity contribution in [1.82, 2.24) is 14.7 Å². The number of hydrogen-bond donors (Lipinski definition) is 0. The SMILES string of the molecule is COCCN(C)c1cnn(C2CCCN(C(=O)C(OC)c3ccccc3)C2)c(=O)c1. The number of likely N-dealkylation sites (N-methyl/N-ethyl adjacent to an activating group) is 1. The van der Waals surface area contributed by atoms with Crippen LogP contribution < -0.4 is 10.5 Å². The fraction of sp³-hybridized carbons (Fsp3) is 0.500. The van der Waals surface area contributed by atoms with E-state index < -0.39 is 6.10 Å². The molecule has 1 amide bonds. The molecule has 162 valence electrons. The van der Waals surface area contributed by atoms with Gasteiger partial charge in [-0.25, -0.2) is 4.68 Å². The molecule has 30 heavy (non-hydrogen) atoms. The Kier molecular flexibility index (Phi) is 7.59. The average molecular weight is 415 g/mol. The van der Waals surface area contributed by atoms with Crippen molar-refractivity contribution in [2.75, 3.05) is 52.4 Å². The van der Waals surface area contributed by atoms with Gasteiger partial charge in [0.2, 0.25) is 0 Å². The minimum absolute atomic E-state index is 0.0858. The Morgan fingerprint density at radius 3 is 2.73 bits per heavy atom. The third-order valence-corrected chi connectivity index (χ3v) is 5.50. The third kappa shape index (κ3) is 5.06. The summed E-state index contributed by atoms with van der Waals surface area (Å²) in [6.45, 7) is 2.33.